The lowest BCUT2D eigenvalue weighted by molar-refractivity contribution is -0.272. The summed E-state index contributed by atoms with van der Waals surface area (Å²) in [5.41, 5.74) is -0.521. The van der Waals surface area contributed by atoms with Crippen molar-refractivity contribution in [2.45, 2.75) is 227 Å². The average Bonchev–Trinajstić information content (AvgIpc) is 0.817. The van der Waals surface area contributed by atoms with Gasteiger partial charge in [-0.15, -0.1) is 0 Å². The number of aliphatic hydroxyl groups excluding tert-OH is 12. The van der Waals surface area contributed by atoms with E-state index >= 15 is 4.79 Å². The van der Waals surface area contributed by atoms with Gasteiger partial charge in [-0.3, -0.25) is 52.7 Å². The van der Waals surface area contributed by atoms with Crippen molar-refractivity contribution in [1.82, 2.24) is 57.7 Å². The molecule has 119 heavy (non-hydrogen) atoms. The highest BCUT2D eigenvalue weighted by molar-refractivity contribution is 5.95. The molecule has 11 amide bonds. The van der Waals surface area contributed by atoms with Gasteiger partial charge in [0, 0.05) is 66.2 Å². The van der Waals surface area contributed by atoms with Crippen LogP contribution in [-0.2, 0) is 114 Å². The lowest BCUT2D eigenvalue weighted by atomic mass is 9.86. The van der Waals surface area contributed by atoms with Crippen LogP contribution in [0.2, 0.25) is 0 Å². The van der Waals surface area contributed by atoms with Gasteiger partial charge in [-0.1, -0.05) is 0 Å². The van der Waals surface area contributed by atoms with Crippen LogP contribution in [0.5, 0.6) is 0 Å². The Labute approximate surface area is 687 Å². The van der Waals surface area contributed by atoms with E-state index in [0.717, 1.165) is 37.5 Å². The molecule has 5 fully saturated rings. The van der Waals surface area contributed by atoms with Crippen LogP contribution in [0.15, 0.2) is 0 Å². The van der Waals surface area contributed by atoms with Gasteiger partial charge in [-0.2, -0.15) is 0 Å². The summed E-state index contributed by atoms with van der Waals surface area (Å²) in [5, 5.41) is 146. The maximum Gasteiger partial charge on any atom is 0.246 e. The van der Waals surface area contributed by atoms with E-state index in [0.29, 0.717) is 25.7 Å². The van der Waals surface area contributed by atoms with Gasteiger partial charge in [0.05, 0.1) is 117 Å². The second-order valence-corrected chi connectivity index (χ2v) is 29.8. The van der Waals surface area contributed by atoms with Crippen LogP contribution in [0.1, 0.15) is 87.0 Å². The van der Waals surface area contributed by atoms with Gasteiger partial charge < -0.3 is 181 Å². The van der Waals surface area contributed by atoms with E-state index < -0.39 is 271 Å². The molecule has 4 aliphatic heterocycles. The van der Waals surface area contributed by atoms with Gasteiger partial charge in [0.25, 0.3) is 0 Å². The van der Waals surface area contributed by atoms with Crippen molar-refractivity contribution in [3.8, 4) is 0 Å². The quantitative estimate of drug-likeness (QED) is 0.0252. The maximum atomic E-state index is 15.3. The van der Waals surface area contributed by atoms with E-state index in [4.69, 9.17) is 61.6 Å². The molecule has 47 nitrogen and oxygen atoms in total. The van der Waals surface area contributed by atoms with Crippen molar-refractivity contribution in [2.75, 3.05) is 158 Å². The molecule has 0 bridgehead atoms. The van der Waals surface area contributed by atoms with Crippen molar-refractivity contribution in [3.63, 3.8) is 0 Å². The Morgan fingerprint density at radius 2 is 0.664 bits per heavy atom. The van der Waals surface area contributed by atoms with E-state index in [-0.39, 0.29) is 112 Å². The molecule has 4 saturated heterocycles. The van der Waals surface area contributed by atoms with Crippen molar-refractivity contribution in [1.29, 1.82) is 0 Å². The Kier molecular flexibility index (Phi) is 46.0. The highest BCUT2D eigenvalue weighted by Crippen LogP contribution is 2.31. The molecule has 5 aliphatic rings. The highest BCUT2D eigenvalue weighted by atomic mass is 16.7. The van der Waals surface area contributed by atoms with Gasteiger partial charge >= 0.3 is 0 Å². The summed E-state index contributed by atoms with van der Waals surface area (Å²) in [6, 6.07) is -6.67. The normalized spacial score (nSPS) is 29.2. The lowest BCUT2D eigenvalue weighted by Gasteiger charge is -2.42. The zero-order valence-electron chi connectivity index (χ0n) is 68.1. The summed E-state index contributed by atoms with van der Waals surface area (Å²) in [5.74, 6) is -9.06. The maximum absolute atomic E-state index is 15.3. The lowest BCUT2D eigenvalue weighted by Crippen LogP contribution is -2.64. The number of amides is 11. The molecule has 21 unspecified atom stereocenters. The molecular formula is C72H125N11O36. The summed E-state index contributed by atoms with van der Waals surface area (Å²) in [6.07, 6.45) is -23.0. The fraction of sp³-hybridized carbons (Fsp3) is 0.847. The molecule has 0 aromatic rings. The van der Waals surface area contributed by atoms with E-state index in [9.17, 15) is 109 Å². The zero-order chi connectivity index (χ0) is 88.1. The van der Waals surface area contributed by atoms with Gasteiger partial charge in [0.2, 0.25) is 65.0 Å². The van der Waals surface area contributed by atoms with Gasteiger partial charge in [-0.25, -0.2) is 0 Å². The number of nitrogens with zero attached hydrogens (tertiary/aromatic N) is 2. The van der Waals surface area contributed by atoms with Crippen molar-refractivity contribution < 1.29 is 176 Å². The van der Waals surface area contributed by atoms with Crippen molar-refractivity contribution >= 4 is 65.0 Å². The fourth-order valence-corrected chi connectivity index (χ4v) is 13.3. The average molecular weight is 1720 g/mol. The van der Waals surface area contributed by atoms with Crippen LogP contribution in [0.3, 0.4) is 0 Å². The molecule has 4 heterocycles. The van der Waals surface area contributed by atoms with Crippen molar-refractivity contribution in [3.05, 3.63) is 0 Å². The Morgan fingerprint density at radius 3 is 0.924 bits per heavy atom. The molecule has 0 radical (unpaired) electrons. The van der Waals surface area contributed by atoms with Crippen LogP contribution in [0.25, 0.3) is 0 Å². The smallest absolute Gasteiger partial charge is 0.246 e. The minimum atomic E-state index is -1.71. The van der Waals surface area contributed by atoms with E-state index in [1.54, 1.807) is 0 Å². The molecule has 684 valence electrons. The molecule has 0 aromatic heterocycles. The Hall–Kier alpha value is -6.83. The summed E-state index contributed by atoms with van der Waals surface area (Å²) in [6.45, 7) is 1.01. The summed E-state index contributed by atoms with van der Waals surface area (Å²) in [7, 11) is 0. The molecule has 5 rings (SSSR count). The van der Waals surface area contributed by atoms with E-state index in [1.165, 1.54) is 0 Å². The summed E-state index contributed by atoms with van der Waals surface area (Å²) < 4.78 is 73.6. The van der Waals surface area contributed by atoms with Crippen LogP contribution in [0, 0.1) is 5.92 Å². The minimum Gasteiger partial charge on any atom is -0.394 e. The zero-order valence-corrected chi connectivity index (χ0v) is 68.1. The molecule has 1 aliphatic carbocycles. The first kappa shape index (κ1) is 103. The predicted molar refractivity (Wildman–Crippen MR) is 401 cm³/mol. The van der Waals surface area contributed by atoms with Crippen molar-refractivity contribution in [2.24, 2.45) is 5.92 Å². The molecule has 21 atom stereocenters. The minimum absolute atomic E-state index is 0.162. The molecule has 21 N–H and O–H groups in total. The number of carbonyl (C=O) groups excluding carboxylic acids is 11. The van der Waals surface area contributed by atoms with Gasteiger partial charge in [-0.05, 0) is 52.9 Å². The largest absolute Gasteiger partial charge is 0.394 e. The Bertz CT molecular complexity index is 2970. The molecule has 47 heteroatoms. The fourth-order valence-electron chi connectivity index (χ4n) is 13.3. The van der Waals surface area contributed by atoms with Crippen LogP contribution in [-0.4, -0.2) is 434 Å². The number of hydrogen-bond donors (Lipinski definition) is 21. The topological polar surface area (TPSA) is 665 Å². The van der Waals surface area contributed by atoms with E-state index in [1.807, 2.05) is 20.8 Å². The van der Waals surface area contributed by atoms with Gasteiger partial charge in [0.15, 0.2) is 25.2 Å². The first-order valence-electron chi connectivity index (χ1n) is 39.5. The van der Waals surface area contributed by atoms with E-state index in [2.05, 4.69) is 47.9 Å². The number of ether oxygens (including phenoxy) is 13. The van der Waals surface area contributed by atoms with Gasteiger partial charge in [0.1, 0.15) is 130 Å². The third kappa shape index (κ3) is 35.5. The third-order valence-corrected chi connectivity index (χ3v) is 19.1. The molecular weight excluding hydrogens is 1590 g/mol. The number of nitrogens with one attached hydrogen (secondary N) is 9. The predicted octanol–water partition coefficient (Wildman–Crippen LogP) is -12.3. The van der Waals surface area contributed by atoms with Crippen LogP contribution < -0.4 is 47.9 Å². The third-order valence-electron chi connectivity index (χ3n) is 19.1. The van der Waals surface area contributed by atoms with Crippen LogP contribution in [0.4, 0.5) is 0 Å². The second kappa shape index (κ2) is 53.3. The highest BCUT2D eigenvalue weighted by Gasteiger charge is 2.50. The Morgan fingerprint density at radius 1 is 0.387 bits per heavy atom. The monoisotopic (exact) mass is 1720 g/mol. The first-order chi connectivity index (χ1) is 56.5. The number of carbonyl (C=O) groups is 11. The summed E-state index contributed by atoms with van der Waals surface area (Å²) >= 11 is 0. The SMILES string of the molecule is CC(=O)NC1C(OCCOCCNC(=O)CN(CC(=O)NCCOCCOC2OC(CO)C(O)C(O)C2NC(C)=O)C(=O)CCC(NC(=O)C2CCC(OC(C)(C)C)CC2)C(=O)N(CC(=O)NCCOCCOC2OC(CO)C(O)C(O)C2NC(C)=O)CC(=O)NCCOCCOC2OC(CO)C(O)C(O)C2NC(C)=O)OC(CO)C(O)C1O. The number of hydrogen-bond acceptors (Lipinski definition) is 36. The second-order valence-electron chi connectivity index (χ2n) is 29.8. The standard InChI is InChI=1S/C72H125N11O36/c1-38(88)77-54-62(101)58(97)45(34-84)115-68(54)111-26-22-107-18-14-73-49(92)30-82(31-50(93)74-15-19-108-23-27-112-69-55(78-39(2)89)63(102)59(98)46(35-85)116-69)53(96)13-12-44(81-66(105)42-8-10-43(11-9-42)119-72(5,6)7)67(106)83(32-51(94)75-16-20-109-24-28-113-70-56(79-40(3)90)64(103)60(99)47(36-86)117-70)33-52(95)76-17-21-110-25-29-114-71-57(80-41(4)91)65(104)61(100)48(37-87)118-71/h42-48,54-65,68-71,84-87,97-104H,8-37H2,1-7H3,(H,73,92)(H,74,93)(H,75,94)(H,76,95)(H,77,88)(H,78,89)(H,79,90)(H,80,91)(H,81,105). The Balaban J connectivity index is 1.33. The first-order valence-corrected chi connectivity index (χ1v) is 39.5. The number of aliphatic hydroxyl groups is 12. The molecule has 0 aromatic carbocycles. The molecule has 1 saturated carbocycles. The number of rotatable bonds is 51. The van der Waals surface area contributed by atoms with Crippen LogP contribution >= 0.6 is 0 Å². The summed E-state index contributed by atoms with van der Waals surface area (Å²) in [4.78, 5) is 149. The molecule has 0 spiro atoms.